The van der Waals surface area contributed by atoms with Crippen molar-refractivity contribution in [2.75, 3.05) is 0 Å². The van der Waals surface area contributed by atoms with Gasteiger partial charge < -0.3 is 5.11 Å². The van der Waals surface area contributed by atoms with E-state index in [0.717, 1.165) is 11.8 Å². The van der Waals surface area contributed by atoms with Gasteiger partial charge in [0.2, 0.25) is 0 Å². The van der Waals surface area contributed by atoms with Gasteiger partial charge in [0.1, 0.15) is 11.1 Å². The highest BCUT2D eigenvalue weighted by molar-refractivity contribution is 8.00. The summed E-state index contributed by atoms with van der Waals surface area (Å²) in [7, 11) is 0. The molecule has 5 heteroatoms. The maximum Gasteiger partial charge on any atom is 0.316 e. The fourth-order valence-electron chi connectivity index (χ4n) is 0.959. The zero-order valence-corrected chi connectivity index (χ0v) is 9.82. The Labute approximate surface area is 96.4 Å². The molecule has 0 fully saturated rings. The number of carboxylic acids is 1. The summed E-state index contributed by atoms with van der Waals surface area (Å²) in [6, 6.07) is 2.76. The Balaban J connectivity index is 2.95. The van der Waals surface area contributed by atoms with Gasteiger partial charge in [0.25, 0.3) is 0 Å². The molecule has 1 aromatic rings. The van der Waals surface area contributed by atoms with Crippen molar-refractivity contribution in [1.82, 2.24) is 0 Å². The van der Waals surface area contributed by atoms with E-state index in [0.29, 0.717) is 15.5 Å². The second-order valence-corrected chi connectivity index (χ2v) is 4.92. The zero-order valence-electron chi connectivity index (χ0n) is 8.25. The van der Waals surface area contributed by atoms with Gasteiger partial charge in [-0.05, 0) is 31.5 Å². The summed E-state index contributed by atoms with van der Waals surface area (Å²) in [5.41, 5.74) is 0.451. The lowest BCUT2D eigenvalue weighted by atomic mass is 10.2. The molecule has 0 saturated heterocycles. The van der Waals surface area contributed by atoms with Gasteiger partial charge in [-0.1, -0.05) is 11.6 Å². The minimum Gasteiger partial charge on any atom is -0.480 e. The number of thioether (sulfide) groups is 1. The van der Waals surface area contributed by atoms with Gasteiger partial charge in [-0.25, -0.2) is 4.39 Å². The molecular weight excluding hydrogens is 239 g/mol. The largest absolute Gasteiger partial charge is 0.480 e. The molecule has 0 saturated carbocycles. The first kappa shape index (κ1) is 12.3. The SMILES string of the molecule is Cc1cc(Cl)c(SC(C)C(=O)O)cc1F. The molecule has 0 bridgehead atoms. The van der Waals surface area contributed by atoms with Gasteiger partial charge in [0.05, 0.1) is 5.02 Å². The van der Waals surface area contributed by atoms with Crippen LogP contribution in [0.3, 0.4) is 0 Å². The summed E-state index contributed by atoms with van der Waals surface area (Å²) in [4.78, 5) is 11.1. The number of hydrogen-bond donors (Lipinski definition) is 1. The van der Waals surface area contributed by atoms with Gasteiger partial charge in [0.15, 0.2) is 0 Å². The molecule has 1 rings (SSSR count). The molecule has 1 atom stereocenters. The number of aryl methyl sites for hydroxylation is 1. The predicted molar refractivity (Wildman–Crippen MR) is 59.1 cm³/mol. The lowest BCUT2D eigenvalue weighted by molar-refractivity contribution is -0.136. The van der Waals surface area contributed by atoms with Crippen LogP contribution in [0.5, 0.6) is 0 Å². The average Bonchev–Trinajstić information content (AvgIpc) is 2.13. The van der Waals surface area contributed by atoms with Crippen LogP contribution >= 0.6 is 23.4 Å². The molecule has 0 aromatic heterocycles. The summed E-state index contributed by atoms with van der Waals surface area (Å²) in [5.74, 6) is -1.32. The van der Waals surface area contributed by atoms with E-state index in [2.05, 4.69) is 0 Å². The molecule has 15 heavy (non-hydrogen) atoms. The Morgan fingerprint density at radius 2 is 2.20 bits per heavy atom. The van der Waals surface area contributed by atoms with E-state index >= 15 is 0 Å². The van der Waals surface area contributed by atoms with Crippen LogP contribution in [0.15, 0.2) is 17.0 Å². The summed E-state index contributed by atoms with van der Waals surface area (Å²) in [6.45, 7) is 3.14. The molecule has 0 aliphatic rings. The quantitative estimate of drug-likeness (QED) is 0.834. The predicted octanol–water partition coefficient (Wildman–Crippen LogP) is 3.35. The highest BCUT2D eigenvalue weighted by Crippen LogP contribution is 2.32. The van der Waals surface area contributed by atoms with E-state index in [1.807, 2.05) is 0 Å². The van der Waals surface area contributed by atoms with Gasteiger partial charge in [0, 0.05) is 4.90 Å². The number of hydrogen-bond acceptors (Lipinski definition) is 2. The minimum atomic E-state index is -0.947. The molecule has 82 valence electrons. The number of halogens is 2. The Kier molecular flexibility index (Phi) is 3.99. The van der Waals surface area contributed by atoms with E-state index < -0.39 is 11.2 Å². The van der Waals surface area contributed by atoms with E-state index in [4.69, 9.17) is 16.7 Å². The Hall–Kier alpha value is -0.740. The van der Waals surface area contributed by atoms with Crippen LogP contribution in [0.4, 0.5) is 4.39 Å². The Bertz CT molecular complexity index is 395. The first-order valence-electron chi connectivity index (χ1n) is 4.27. The van der Waals surface area contributed by atoms with Crippen LogP contribution in [0.1, 0.15) is 12.5 Å². The number of benzene rings is 1. The Morgan fingerprint density at radius 1 is 1.60 bits per heavy atom. The third-order valence-corrected chi connectivity index (χ3v) is 3.44. The molecule has 0 radical (unpaired) electrons. The second-order valence-electron chi connectivity index (χ2n) is 3.13. The first-order valence-corrected chi connectivity index (χ1v) is 5.52. The van der Waals surface area contributed by atoms with Crippen molar-refractivity contribution < 1.29 is 14.3 Å². The van der Waals surface area contributed by atoms with E-state index in [1.54, 1.807) is 6.92 Å². The smallest absolute Gasteiger partial charge is 0.316 e. The first-order chi connectivity index (χ1) is 6.91. The molecule has 1 aromatic carbocycles. The number of carboxylic acid groups (broad SMARTS) is 1. The van der Waals surface area contributed by atoms with Crippen molar-refractivity contribution in [2.24, 2.45) is 0 Å². The van der Waals surface area contributed by atoms with Gasteiger partial charge in [-0.3, -0.25) is 4.79 Å². The number of aliphatic carboxylic acids is 1. The third-order valence-electron chi connectivity index (χ3n) is 1.86. The summed E-state index contributed by atoms with van der Waals surface area (Å²) < 4.78 is 13.2. The molecule has 0 heterocycles. The average molecular weight is 249 g/mol. The van der Waals surface area contributed by atoms with Crippen molar-refractivity contribution in [3.8, 4) is 0 Å². The van der Waals surface area contributed by atoms with Crippen molar-refractivity contribution in [3.05, 3.63) is 28.5 Å². The number of carbonyl (C=O) groups is 1. The lowest BCUT2D eigenvalue weighted by Gasteiger charge is -2.09. The monoisotopic (exact) mass is 248 g/mol. The topological polar surface area (TPSA) is 37.3 Å². The highest BCUT2D eigenvalue weighted by Gasteiger charge is 2.15. The normalized spacial score (nSPS) is 12.5. The minimum absolute atomic E-state index is 0.375. The van der Waals surface area contributed by atoms with Gasteiger partial charge in [-0.15, -0.1) is 11.8 Å². The summed E-state index contributed by atoms with van der Waals surface area (Å²) in [6.07, 6.45) is 0. The lowest BCUT2D eigenvalue weighted by Crippen LogP contribution is -2.11. The Morgan fingerprint density at radius 3 is 2.73 bits per heavy atom. The maximum absolute atomic E-state index is 13.2. The molecule has 1 N–H and O–H groups in total. The highest BCUT2D eigenvalue weighted by atomic mass is 35.5. The van der Waals surface area contributed by atoms with E-state index in [-0.39, 0.29) is 5.82 Å². The van der Waals surface area contributed by atoms with Crippen LogP contribution < -0.4 is 0 Å². The molecule has 0 amide bonds. The number of rotatable bonds is 3. The van der Waals surface area contributed by atoms with Crippen LogP contribution in [-0.2, 0) is 4.79 Å². The summed E-state index contributed by atoms with van der Waals surface area (Å²) in [5, 5.41) is 8.43. The van der Waals surface area contributed by atoms with Crippen molar-refractivity contribution in [1.29, 1.82) is 0 Å². The van der Waals surface area contributed by atoms with Crippen LogP contribution in [-0.4, -0.2) is 16.3 Å². The maximum atomic E-state index is 13.2. The molecule has 0 aliphatic heterocycles. The molecule has 0 aliphatic carbocycles. The molecule has 1 unspecified atom stereocenters. The van der Waals surface area contributed by atoms with E-state index in [1.165, 1.54) is 19.1 Å². The van der Waals surface area contributed by atoms with Crippen molar-refractivity contribution in [3.63, 3.8) is 0 Å². The molecular formula is C10H10ClFO2S. The van der Waals surface area contributed by atoms with Gasteiger partial charge >= 0.3 is 5.97 Å². The van der Waals surface area contributed by atoms with Crippen LogP contribution in [0.2, 0.25) is 5.02 Å². The fourth-order valence-corrected chi connectivity index (χ4v) is 2.14. The van der Waals surface area contributed by atoms with Crippen LogP contribution in [0.25, 0.3) is 0 Å². The zero-order chi connectivity index (χ0) is 11.6. The fraction of sp³-hybridized carbons (Fsp3) is 0.300. The van der Waals surface area contributed by atoms with E-state index in [9.17, 15) is 9.18 Å². The summed E-state index contributed by atoms with van der Waals surface area (Å²) >= 11 is 6.90. The third kappa shape index (κ3) is 3.11. The van der Waals surface area contributed by atoms with Gasteiger partial charge in [-0.2, -0.15) is 0 Å². The molecule has 2 nitrogen and oxygen atoms in total. The van der Waals surface area contributed by atoms with Crippen LogP contribution in [0, 0.1) is 12.7 Å². The molecule has 0 spiro atoms. The standard InChI is InChI=1S/C10H10ClFO2S/c1-5-3-7(11)9(4-8(5)12)15-6(2)10(13)14/h3-4,6H,1-2H3,(H,13,14). The van der Waals surface area contributed by atoms with Crippen molar-refractivity contribution >= 4 is 29.3 Å². The van der Waals surface area contributed by atoms with Crippen molar-refractivity contribution in [2.45, 2.75) is 24.0 Å². The second kappa shape index (κ2) is 4.86.